The van der Waals surface area contributed by atoms with E-state index in [9.17, 15) is 0 Å². The molecule has 0 unspecified atom stereocenters. The zero-order valence-electron chi connectivity index (χ0n) is 13.4. The molecule has 0 atom stereocenters. The Kier molecular flexibility index (Phi) is 5.87. The van der Waals surface area contributed by atoms with Gasteiger partial charge in [0.05, 0.1) is 0 Å². The van der Waals surface area contributed by atoms with Crippen LogP contribution in [0.3, 0.4) is 0 Å². The number of nitrogens with two attached hydrogens (primary N) is 2. The van der Waals surface area contributed by atoms with E-state index in [0.717, 1.165) is 13.1 Å². The Balaban J connectivity index is 2.15. The summed E-state index contributed by atoms with van der Waals surface area (Å²) >= 11 is 0. The Morgan fingerprint density at radius 3 is 2.39 bits per heavy atom. The van der Waals surface area contributed by atoms with Crippen LogP contribution in [0.25, 0.3) is 0 Å². The average Bonchev–Trinajstić information content (AvgIpc) is 2.56. The van der Waals surface area contributed by atoms with Crippen molar-refractivity contribution < 1.29 is 4.74 Å². The molecule has 0 amide bonds. The first kappa shape index (κ1) is 16.7. The molecule has 0 bridgehead atoms. The number of aromatic nitrogens is 1. The van der Waals surface area contributed by atoms with E-state index in [1.807, 2.05) is 24.3 Å². The van der Waals surface area contributed by atoms with Gasteiger partial charge in [-0.05, 0) is 37.4 Å². The lowest BCUT2D eigenvalue weighted by Gasteiger charge is -2.18. The molecule has 122 valence electrons. The number of benzene rings is 1. The fourth-order valence-corrected chi connectivity index (χ4v) is 1.90. The first-order chi connectivity index (χ1) is 11.1. The van der Waals surface area contributed by atoms with Crippen molar-refractivity contribution in [1.29, 1.82) is 0 Å². The lowest BCUT2D eigenvalue weighted by Crippen LogP contribution is -2.27. The van der Waals surface area contributed by atoms with Gasteiger partial charge in [0, 0.05) is 0 Å². The molecule has 0 fully saturated rings. The molecule has 1 aromatic heterocycles. The van der Waals surface area contributed by atoms with Crippen LogP contribution < -0.4 is 16.2 Å². The first-order valence-corrected chi connectivity index (χ1v) is 7.52. The second-order valence-corrected chi connectivity index (χ2v) is 4.88. The monoisotopic (exact) mass is 314 g/mol. The van der Waals surface area contributed by atoms with E-state index >= 15 is 0 Å². The Labute approximate surface area is 136 Å². The van der Waals surface area contributed by atoms with Crippen molar-refractivity contribution in [1.82, 2.24) is 9.88 Å². The van der Waals surface area contributed by atoms with Crippen LogP contribution in [0.4, 0.5) is 23.0 Å². The van der Waals surface area contributed by atoms with Gasteiger partial charge in [-0.2, -0.15) is 0 Å². The van der Waals surface area contributed by atoms with Gasteiger partial charge in [0.15, 0.2) is 5.82 Å². The molecule has 0 saturated heterocycles. The summed E-state index contributed by atoms with van der Waals surface area (Å²) in [6.07, 6.45) is 0. The van der Waals surface area contributed by atoms with Crippen LogP contribution in [-0.4, -0.2) is 29.7 Å². The number of anilines is 2. The number of hydrogen-bond donors (Lipinski definition) is 2. The van der Waals surface area contributed by atoms with Crippen molar-refractivity contribution in [2.24, 2.45) is 10.2 Å². The van der Waals surface area contributed by atoms with Gasteiger partial charge in [0.25, 0.3) is 0 Å². The number of azo groups is 1. The minimum atomic E-state index is 0.246. The van der Waals surface area contributed by atoms with E-state index in [0.29, 0.717) is 29.7 Å². The van der Waals surface area contributed by atoms with Crippen LogP contribution in [0.5, 0.6) is 5.75 Å². The van der Waals surface area contributed by atoms with Crippen molar-refractivity contribution in [3.05, 3.63) is 36.4 Å². The molecular formula is C16H22N6O. The summed E-state index contributed by atoms with van der Waals surface area (Å²) in [7, 11) is 0. The SMILES string of the molecule is CCN(CC)COc1ccccc1N=Nc1ccc(N)nc1N. The zero-order valence-corrected chi connectivity index (χ0v) is 13.4. The maximum atomic E-state index is 5.82. The predicted molar refractivity (Wildman–Crippen MR) is 92.1 cm³/mol. The summed E-state index contributed by atoms with van der Waals surface area (Å²) in [5.41, 5.74) is 12.4. The standard InChI is InChI=1S/C16H22N6O/c1-3-22(4-2)11-23-14-8-6-5-7-12(14)20-21-13-9-10-15(17)19-16(13)18/h5-10H,3-4,11H2,1-2H3,(H4,17,18,19). The van der Waals surface area contributed by atoms with Gasteiger partial charge >= 0.3 is 0 Å². The molecule has 1 aromatic carbocycles. The summed E-state index contributed by atoms with van der Waals surface area (Å²) in [5, 5.41) is 8.35. The quantitative estimate of drug-likeness (QED) is 0.602. The smallest absolute Gasteiger partial charge is 0.153 e. The van der Waals surface area contributed by atoms with Crippen LogP contribution in [0.2, 0.25) is 0 Å². The molecular weight excluding hydrogens is 292 g/mol. The van der Waals surface area contributed by atoms with E-state index in [4.69, 9.17) is 16.2 Å². The third kappa shape index (κ3) is 4.65. The van der Waals surface area contributed by atoms with E-state index in [1.54, 1.807) is 12.1 Å². The number of nitrogens with zero attached hydrogens (tertiary/aromatic N) is 4. The summed E-state index contributed by atoms with van der Waals surface area (Å²) in [6, 6.07) is 10.8. The first-order valence-electron chi connectivity index (χ1n) is 7.52. The second-order valence-electron chi connectivity index (χ2n) is 4.88. The number of hydrogen-bond acceptors (Lipinski definition) is 7. The maximum Gasteiger partial charge on any atom is 0.153 e. The van der Waals surface area contributed by atoms with Crippen LogP contribution in [0.15, 0.2) is 46.6 Å². The maximum absolute atomic E-state index is 5.82. The summed E-state index contributed by atoms with van der Waals surface area (Å²) in [5.74, 6) is 1.27. The highest BCUT2D eigenvalue weighted by atomic mass is 16.5. The topological polar surface area (TPSA) is 102 Å². The van der Waals surface area contributed by atoms with Crippen LogP contribution in [0, 0.1) is 0 Å². The fraction of sp³-hybridized carbons (Fsp3) is 0.312. The van der Waals surface area contributed by atoms with Gasteiger partial charge in [-0.3, -0.25) is 4.90 Å². The van der Waals surface area contributed by atoms with Crippen LogP contribution in [-0.2, 0) is 0 Å². The van der Waals surface area contributed by atoms with Crippen molar-refractivity contribution in [3.8, 4) is 5.75 Å². The van der Waals surface area contributed by atoms with Crippen molar-refractivity contribution in [3.63, 3.8) is 0 Å². The average molecular weight is 314 g/mol. The Hall–Kier alpha value is -2.67. The van der Waals surface area contributed by atoms with Crippen LogP contribution >= 0.6 is 0 Å². The summed E-state index contributed by atoms with van der Waals surface area (Å²) in [6.45, 7) is 6.54. The number of para-hydroxylation sites is 1. The van der Waals surface area contributed by atoms with E-state index < -0.39 is 0 Å². The predicted octanol–water partition coefficient (Wildman–Crippen LogP) is 3.34. The van der Waals surface area contributed by atoms with E-state index in [-0.39, 0.29) is 5.82 Å². The van der Waals surface area contributed by atoms with Crippen LogP contribution in [0.1, 0.15) is 13.8 Å². The highest BCUT2D eigenvalue weighted by Crippen LogP contribution is 2.30. The minimum Gasteiger partial charge on any atom is -0.476 e. The van der Waals surface area contributed by atoms with Crippen molar-refractivity contribution in [2.45, 2.75) is 13.8 Å². The zero-order chi connectivity index (χ0) is 16.7. The molecule has 0 aliphatic carbocycles. The third-order valence-corrected chi connectivity index (χ3v) is 3.35. The molecule has 7 nitrogen and oxygen atoms in total. The Morgan fingerprint density at radius 1 is 1.00 bits per heavy atom. The van der Waals surface area contributed by atoms with E-state index in [1.165, 1.54) is 0 Å². The highest BCUT2D eigenvalue weighted by Gasteiger charge is 2.05. The molecule has 0 saturated carbocycles. The molecule has 0 radical (unpaired) electrons. The summed E-state index contributed by atoms with van der Waals surface area (Å²) in [4.78, 5) is 6.12. The molecule has 0 aliphatic rings. The molecule has 7 heteroatoms. The molecule has 1 heterocycles. The van der Waals surface area contributed by atoms with Crippen molar-refractivity contribution >= 4 is 23.0 Å². The second kappa shape index (κ2) is 8.09. The number of ether oxygens (including phenoxy) is 1. The lowest BCUT2D eigenvalue weighted by atomic mass is 10.3. The minimum absolute atomic E-state index is 0.246. The van der Waals surface area contributed by atoms with Gasteiger partial charge in [-0.15, -0.1) is 10.2 Å². The molecule has 0 aliphatic heterocycles. The van der Waals surface area contributed by atoms with Gasteiger partial charge in [0.1, 0.15) is 29.7 Å². The largest absolute Gasteiger partial charge is 0.476 e. The molecule has 4 N–H and O–H groups in total. The van der Waals surface area contributed by atoms with Gasteiger partial charge in [0.2, 0.25) is 0 Å². The molecule has 2 rings (SSSR count). The molecule has 23 heavy (non-hydrogen) atoms. The molecule has 0 spiro atoms. The fourth-order valence-electron chi connectivity index (χ4n) is 1.90. The normalized spacial score (nSPS) is 11.3. The van der Waals surface area contributed by atoms with Crippen molar-refractivity contribution in [2.75, 3.05) is 31.3 Å². The lowest BCUT2D eigenvalue weighted by molar-refractivity contribution is 0.138. The van der Waals surface area contributed by atoms with Gasteiger partial charge in [-0.25, -0.2) is 4.98 Å². The third-order valence-electron chi connectivity index (χ3n) is 3.35. The van der Waals surface area contributed by atoms with E-state index in [2.05, 4.69) is 34.0 Å². The number of rotatable bonds is 7. The Morgan fingerprint density at radius 2 is 1.70 bits per heavy atom. The number of nitrogen functional groups attached to an aromatic ring is 2. The van der Waals surface area contributed by atoms with Gasteiger partial charge in [-0.1, -0.05) is 26.0 Å². The highest BCUT2D eigenvalue weighted by molar-refractivity contribution is 5.60. The Bertz CT molecular complexity index is 669. The summed E-state index contributed by atoms with van der Waals surface area (Å²) < 4.78 is 5.82. The van der Waals surface area contributed by atoms with Gasteiger partial charge < -0.3 is 16.2 Å². The molecule has 2 aromatic rings. The number of pyridine rings is 1.